The number of carbonyl (C=O) groups excluding carboxylic acids is 2. The van der Waals surface area contributed by atoms with Crippen molar-refractivity contribution in [2.24, 2.45) is 5.41 Å². The highest BCUT2D eigenvalue weighted by atomic mass is 16.6. The number of hydrogen-bond acceptors (Lipinski definition) is 4. The van der Waals surface area contributed by atoms with E-state index in [9.17, 15) is 14.9 Å². The first-order valence-electron chi connectivity index (χ1n) is 6.06. The first-order chi connectivity index (χ1) is 8.20. The standard InChI is InChI=1S/C14H19NO3/c1-10(12(17)18-13(2,3)4)8-14(9-15)7-5-6-11(14)16/h1,5-8H2,2-4H3/t14-/m0/s1. The summed E-state index contributed by atoms with van der Waals surface area (Å²) >= 11 is 0. The summed E-state index contributed by atoms with van der Waals surface area (Å²) < 4.78 is 5.18. The molecular formula is C14H19NO3. The number of esters is 1. The van der Waals surface area contributed by atoms with Gasteiger partial charge in [0.2, 0.25) is 0 Å². The van der Waals surface area contributed by atoms with Crippen molar-refractivity contribution in [3.05, 3.63) is 12.2 Å². The molecule has 98 valence electrons. The van der Waals surface area contributed by atoms with E-state index in [-0.39, 0.29) is 17.8 Å². The van der Waals surface area contributed by atoms with Crippen LogP contribution in [0.4, 0.5) is 0 Å². The fourth-order valence-electron chi connectivity index (χ4n) is 2.06. The van der Waals surface area contributed by atoms with Crippen LogP contribution in [0.5, 0.6) is 0 Å². The lowest BCUT2D eigenvalue weighted by Crippen LogP contribution is -2.29. The van der Waals surface area contributed by atoms with Crippen LogP contribution in [0.3, 0.4) is 0 Å². The van der Waals surface area contributed by atoms with Gasteiger partial charge in [-0.2, -0.15) is 5.26 Å². The van der Waals surface area contributed by atoms with E-state index in [1.54, 1.807) is 20.8 Å². The van der Waals surface area contributed by atoms with E-state index < -0.39 is 17.0 Å². The number of ether oxygens (including phenoxy) is 1. The van der Waals surface area contributed by atoms with Gasteiger partial charge < -0.3 is 4.74 Å². The quantitative estimate of drug-likeness (QED) is 0.569. The zero-order valence-electron chi connectivity index (χ0n) is 11.2. The molecule has 0 radical (unpaired) electrons. The third-order valence-electron chi connectivity index (χ3n) is 2.96. The maximum atomic E-state index is 11.8. The largest absolute Gasteiger partial charge is 0.457 e. The van der Waals surface area contributed by atoms with E-state index in [2.05, 4.69) is 12.6 Å². The summed E-state index contributed by atoms with van der Waals surface area (Å²) in [5, 5.41) is 9.19. The molecule has 0 saturated heterocycles. The van der Waals surface area contributed by atoms with Crippen molar-refractivity contribution in [1.82, 2.24) is 0 Å². The minimum Gasteiger partial charge on any atom is -0.457 e. The van der Waals surface area contributed by atoms with Gasteiger partial charge in [0.1, 0.15) is 11.0 Å². The minimum atomic E-state index is -1.06. The zero-order chi connectivity index (χ0) is 14.0. The van der Waals surface area contributed by atoms with Crippen LogP contribution in [0.15, 0.2) is 12.2 Å². The summed E-state index contributed by atoms with van der Waals surface area (Å²) in [6.45, 7) is 8.94. The molecule has 4 nitrogen and oxygen atoms in total. The summed E-state index contributed by atoms with van der Waals surface area (Å²) in [5.74, 6) is -0.619. The Hall–Kier alpha value is -1.63. The second-order valence-corrected chi connectivity index (χ2v) is 5.75. The van der Waals surface area contributed by atoms with E-state index in [0.717, 1.165) is 0 Å². The van der Waals surface area contributed by atoms with Gasteiger partial charge in [0.25, 0.3) is 0 Å². The predicted molar refractivity (Wildman–Crippen MR) is 66.5 cm³/mol. The molecule has 1 saturated carbocycles. The van der Waals surface area contributed by atoms with Crippen molar-refractivity contribution in [1.29, 1.82) is 5.26 Å². The highest BCUT2D eigenvalue weighted by Crippen LogP contribution is 2.39. The number of rotatable bonds is 3. The molecule has 1 aliphatic rings. The van der Waals surface area contributed by atoms with Crippen LogP contribution < -0.4 is 0 Å². The summed E-state index contributed by atoms with van der Waals surface area (Å²) in [6.07, 6.45) is 1.70. The van der Waals surface area contributed by atoms with Gasteiger partial charge in [0, 0.05) is 18.4 Å². The van der Waals surface area contributed by atoms with E-state index in [0.29, 0.717) is 19.3 Å². The Bertz CT molecular complexity index is 425. The maximum absolute atomic E-state index is 11.8. The van der Waals surface area contributed by atoms with Gasteiger partial charge in [-0.05, 0) is 33.6 Å². The Kier molecular flexibility index (Phi) is 3.95. The van der Waals surface area contributed by atoms with Gasteiger partial charge in [-0.15, -0.1) is 0 Å². The van der Waals surface area contributed by atoms with E-state index >= 15 is 0 Å². The van der Waals surface area contributed by atoms with Crippen LogP contribution >= 0.6 is 0 Å². The molecule has 18 heavy (non-hydrogen) atoms. The first kappa shape index (κ1) is 14.4. The third kappa shape index (κ3) is 3.19. The van der Waals surface area contributed by atoms with Gasteiger partial charge >= 0.3 is 5.97 Å². The van der Waals surface area contributed by atoms with Gasteiger partial charge in [-0.25, -0.2) is 4.79 Å². The fourth-order valence-corrected chi connectivity index (χ4v) is 2.06. The summed E-state index contributed by atoms with van der Waals surface area (Å²) in [7, 11) is 0. The van der Waals surface area contributed by atoms with E-state index in [1.165, 1.54) is 0 Å². The SMILES string of the molecule is C=C(C[C@]1(C#N)CCCC1=O)C(=O)OC(C)(C)C. The lowest BCUT2D eigenvalue weighted by molar-refractivity contribution is -0.150. The lowest BCUT2D eigenvalue weighted by Gasteiger charge is -2.23. The number of ketones is 1. The highest BCUT2D eigenvalue weighted by molar-refractivity contribution is 5.93. The van der Waals surface area contributed by atoms with Crippen molar-refractivity contribution in [2.75, 3.05) is 0 Å². The minimum absolute atomic E-state index is 0.0806. The number of nitriles is 1. The van der Waals surface area contributed by atoms with Gasteiger partial charge in [0.15, 0.2) is 5.78 Å². The average molecular weight is 249 g/mol. The molecule has 4 heteroatoms. The summed E-state index contributed by atoms with van der Waals surface area (Å²) in [6, 6.07) is 2.06. The number of Topliss-reactive ketones (excluding diaryl/α,β-unsaturated/α-hetero) is 1. The van der Waals surface area contributed by atoms with Crippen molar-refractivity contribution in [3.8, 4) is 6.07 Å². The second-order valence-electron chi connectivity index (χ2n) is 5.75. The Morgan fingerprint density at radius 2 is 2.17 bits per heavy atom. The molecule has 0 aliphatic heterocycles. The molecule has 0 aromatic carbocycles. The molecule has 1 atom stereocenters. The van der Waals surface area contributed by atoms with Gasteiger partial charge in [-0.3, -0.25) is 4.79 Å². The van der Waals surface area contributed by atoms with Crippen molar-refractivity contribution in [2.45, 2.75) is 52.1 Å². The molecule has 1 fully saturated rings. The van der Waals surface area contributed by atoms with Crippen LogP contribution in [0.1, 0.15) is 46.5 Å². The third-order valence-corrected chi connectivity index (χ3v) is 2.96. The average Bonchev–Trinajstić information content (AvgIpc) is 2.58. The van der Waals surface area contributed by atoms with Crippen LogP contribution in [0.25, 0.3) is 0 Å². The smallest absolute Gasteiger partial charge is 0.333 e. The molecular weight excluding hydrogens is 230 g/mol. The maximum Gasteiger partial charge on any atom is 0.333 e. The predicted octanol–water partition coefficient (Wildman–Crippen LogP) is 2.54. The first-order valence-corrected chi connectivity index (χ1v) is 6.06. The zero-order valence-corrected chi connectivity index (χ0v) is 11.2. The molecule has 0 aromatic heterocycles. The van der Waals surface area contributed by atoms with Crippen LogP contribution in [-0.2, 0) is 14.3 Å². The number of carbonyl (C=O) groups is 2. The molecule has 1 rings (SSSR count). The number of hydrogen-bond donors (Lipinski definition) is 0. The lowest BCUT2D eigenvalue weighted by atomic mass is 9.81. The van der Waals surface area contributed by atoms with E-state index in [1.807, 2.05) is 0 Å². The Morgan fingerprint density at radius 3 is 2.56 bits per heavy atom. The molecule has 0 unspecified atom stereocenters. The molecule has 0 amide bonds. The molecule has 0 heterocycles. The van der Waals surface area contributed by atoms with E-state index in [4.69, 9.17) is 4.74 Å². The summed E-state index contributed by atoms with van der Waals surface area (Å²) in [5.41, 5.74) is -1.46. The highest BCUT2D eigenvalue weighted by Gasteiger charge is 2.43. The molecule has 0 spiro atoms. The van der Waals surface area contributed by atoms with Gasteiger partial charge in [-0.1, -0.05) is 6.58 Å². The molecule has 0 bridgehead atoms. The molecule has 0 aromatic rings. The Labute approximate surface area is 108 Å². The Balaban J connectivity index is 2.73. The van der Waals surface area contributed by atoms with Crippen molar-refractivity contribution >= 4 is 11.8 Å². The van der Waals surface area contributed by atoms with Crippen molar-refractivity contribution in [3.63, 3.8) is 0 Å². The van der Waals surface area contributed by atoms with Crippen molar-refractivity contribution < 1.29 is 14.3 Å². The number of nitrogens with zero attached hydrogens (tertiary/aromatic N) is 1. The monoisotopic (exact) mass is 249 g/mol. The van der Waals surface area contributed by atoms with Gasteiger partial charge in [0.05, 0.1) is 6.07 Å². The topological polar surface area (TPSA) is 67.2 Å². The fraction of sp³-hybridized carbons (Fsp3) is 0.643. The summed E-state index contributed by atoms with van der Waals surface area (Å²) in [4.78, 5) is 23.5. The van der Waals surface area contributed by atoms with Crippen LogP contribution in [0, 0.1) is 16.7 Å². The second kappa shape index (κ2) is 4.93. The molecule has 1 aliphatic carbocycles. The van der Waals surface area contributed by atoms with Crippen LogP contribution in [-0.4, -0.2) is 17.4 Å². The van der Waals surface area contributed by atoms with Crippen LogP contribution in [0.2, 0.25) is 0 Å². The Morgan fingerprint density at radius 1 is 1.56 bits per heavy atom. The molecule has 0 N–H and O–H groups in total. The normalized spacial score (nSPS) is 23.6.